The summed E-state index contributed by atoms with van der Waals surface area (Å²) in [5.74, 6) is -0.165. The molecule has 40 heavy (non-hydrogen) atoms. The Morgan fingerprint density at radius 3 is 2.52 bits per heavy atom. The molecule has 0 aliphatic carbocycles. The predicted molar refractivity (Wildman–Crippen MR) is 160 cm³/mol. The zero-order valence-electron chi connectivity index (χ0n) is 21.7. The molecule has 0 unspecified atom stereocenters. The van der Waals surface area contributed by atoms with Gasteiger partial charge in [0.2, 0.25) is 0 Å². The minimum absolute atomic E-state index is 0.0209. The summed E-state index contributed by atoms with van der Waals surface area (Å²) in [5.41, 5.74) is 4.47. The van der Waals surface area contributed by atoms with Crippen molar-refractivity contribution in [2.24, 2.45) is 4.99 Å². The number of nitro benzene ring substituents is 1. The monoisotopic (exact) mass is 568 g/mol. The van der Waals surface area contributed by atoms with Gasteiger partial charge in [0.1, 0.15) is 4.91 Å². The maximum atomic E-state index is 13.9. The number of amidine groups is 1. The number of nitrogens with one attached hydrogen (secondary N) is 1. The van der Waals surface area contributed by atoms with Crippen molar-refractivity contribution in [1.29, 1.82) is 5.26 Å². The smallest absolute Gasteiger partial charge is 0.269 e. The van der Waals surface area contributed by atoms with Crippen LogP contribution in [0.5, 0.6) is 0 Å². The molecule has 9 nitrogen and oxygen atoms in total. The fraction of sp³-hybridized carbons (Fsp3) is 0.138. The molecule has 3 aromatic carbocycles. The fourth-order valence-corrected chi connectivity index (χ4v) is 6.50. The molecule has 0 spiro atoms. The van der Waals surface area contributed by atoms with E-state index in [2.05, 4.69) is 11.4 Å². The van der Waals surface area contributed by atoms with Crippen molar-refractivity contribution < 1.29 is 9.72 Å². The quantitative estimate of drug-likeness (QED) is 0.195. The third kappa shape index (κ3) is 5.45. The number of carbonyl (C=O) groups excluding carboxylic acids is 1. The molecule has 1 fully saturated rings. The number of nitrogens with zero attached hydrogens (tertiary/aromatic N) is 5. The SMILES string of the molecule is CCNc1ccc(C#N)cc1/N=C1/S/C(=C2\SC=C(c3ccc([N+](=O)[O-])cc3)N2C)C(=O)N1Cc1ccccc1. The lowest BCUT2D eigenvalue weighted by molar-refractivity contribution is -0.384. The molecule has 1 saturated heterocycles. The molecule has 0 radical (unpaired) electrons. The zero-order valence-corrected chi connectivity index (χ0v) is 23.3. The lowest BCUT2D eigenvalue weighted by Crippen LogP contribution is -2.29. The number of nitriles is 1. The zero-order chi connectivity index (χ0) is 28.2. The van der Waals surface area contributed by atoms with E-state index in [1.807, 2.05) is 60.7 Å². The summed E-state index contributed by atoms with van der Waals surface area (Å²) in [4.78, 5) is 33.6. The first-order valence-electron chi connectivity index (χ1n) is 12.4. The van der Waals surface area contributed by atoms with Crippen molar-refractivity contribution in [1.82, 2.24) is 9.80 Å². The van der Waals surface area contributed by atoms with E-state index < -0.39 is 4.92 Å². The number of amides is 1. The van der Waals surface area contributed by atoms with Crippen LogP contribution in [0.25, 0.3) is 5.70 Å². The molecule has 0 aromatic heterocycles. The van der Waals surface area contributed by atoms with Crippen molar-refractivity contribution in [3.8, 4) is 6.07 Å². The number of hydrogen-bond donors (Lipinski definition) is 1. The van der Waals surface area contributed by atoms with Crippen LogP contribution in [0.1, 0.15) is 23.6 Å². The van der Waals surface area contributed by atoms with Crippen molar-refractivity contribution in [2.75, 3.05) is 18.9 Å². The highest BCUT2D eigenvalue weighted by Crippen LogP contribution is 2.46. The standard InChI is InChI=1S/C29H24N6O3S2/c1-3-31-23-14-9-20(16-30)15-24(23)32-29-34(17-19-7-5-4-6-8-19)27(36)26(40-29)28-33(2)25(18-39-28)21-10-12-22(13-11-21)35(37)38/h4-15,18,31H,3,17H2,1-2H3/b28-26-,32-29+. The van der Waals surface area contributed by atoms with Crippen LogP contribution in [-0.2, 0) is 11.3 Å². The van der Waals surface area contributed by atoms with E-state index in [0.717, 1.165) is 27.5 Å². The summed E-state index contributed by atoms with van der Waals surface area (Å²) in [5, 5.41) is 27.0. The van der Waals surface area contributed by atoms with Crippen LogP contribution in [0.3, 0.4) is 0 Å². The maximum absolute atomic E-state index is 13.9. The number of anilines is 1. The largest absolute Gasteiger partial charge is 0.384 e. The van der Waals surface area contributed by atoms with Gasteiger partial charge in [0.05, 0.1) is 45.2 Å². The molecule has 200 valence electrons. The van der Waals surface area contributed by atoms with Gasteiger partial charge in [-0.3, -0.25) is 19.8 Å². The summed E-state index contributed by atoms with van der Waals surface area (Å²) in [6.45, 7) is 3.00. The molecule has 3 aromatic rings. The van der Waals surface area contributed by atoms with Gasteiger partial charge in [-0.15, -0.1) is 0 Å². The third-order valence-corrected chi connectivity index (χ3v) is 8.51. The molecule has 11 heteroatoms. The first kappa shape index (κ1) is 27.1. The van der Waals surface area contributed by atoms with Crippen molar-refractivity contribution >= 4 is 57.4 Å². The molecule has 2 aliphatic heterocycles. The fourth-order valence-electron chi connectivity index (χ4n) is 4.26. The van der Waals surface area contributed by atoms with E-state index in [-0.39, 0.29) is 11.6 Å². The molecular weight excluding hydrogens is 544 g/mol. The Morgan fingerprint density at radius 1 is 1.10 bits per heavy atom. The number of thioether (sulfide) groups is 2. The molecule has 1 amide bonds. The van der Waals surface area contributed by atoms with Gasteiger partial charge in [0.25, 0.3) is 11.6 Å². The molecule has 5 rings (SSSR count). The van der Waals surface area contributed by atoms with Crippen LogP contribution < -0.4 is 5.32 Å². The highest BCUT2D eigenvalue weighted by Gasteiger charge is 2.38. The number of non-ortho nitro benzene ring substituents is 1. The Balaban J connectivity index is 1.53. The number of carbonyl (C=O) groups is 1. The first-order valence-corrected chi connectivity index (χ1v) is 14.1. The maximum Gasteiger partial charge on any atom is 0.269 e. The number of nitro groups is 1. The van der Waals surface area contributed by atoms with Gasteiger partial charge >= 0.3 is 0 Å². The first-order chi connectivity index (χ1) is 19.4. The number of hydrogen-bond acceptors (Lipinski definition) is 9. The topological polar surface area (TPSA) is 115 Å². The summed E-state index contributed by atoms with van der Waals surface area (Å²) in [6.07, 6.45) is 0. The minimum Gasteiger partial charge on any atom is -0.384 e. The summed E-state index contributed by atoms with van der Waals surface area (Å²) in [6, 6.07) is 23.5. The van der Waals surface area contributed by atoms with E-state index in [1.54, 1.807) is 29.2 Å². The van der Waals surface area contributed by atoms with Gasteiger partial charge in [-0.1, -0.05) is 42.1 Å². The van der Waals surface area contributed by atoms with E-state index in [0.29, 0.717) is 34.4 Å². The van der Waals surface area contributed by atoms with Crippen molar-refractivity contribution in [3.63, 3.8) is 0 Å². The molecule has 2 heterocycles. The van der Waals surface area contributed by atoms with Gasteiger partial charge in [0.15, 0.2) is 5.17 Å². The second-order valence-electron chi connectivity index (χ2n) is 8.87. The Labute approximate surface area is 240 Å². The van der Waals surface area contributed by atoms with E-state index in [9.17, 15) is 20.2 Å². The van der Waals surface area contributed by atoms with Crippen LogP contribution in [0, 0.1) is 21.4 Å². The number of rotatable bonds is 7. The summed E-state index contributed by atoms with van der Waals surface area (Å²) < 4.78 is 0. The van der Waals surface area contributed by atoms with Crippen LogP contribution >= 0.6 is 23.5 Å². The second-order valence-corrected chi connectivity index (χ2v) is 10.7. The highest BCUT2D eigenvalue weighted by atomic mass is 32.2. The van der Waals surface area contributed by atoms with E-state index >= 15 is 0 Å². The Kier molecular flexibility index (Phi) is 7.91. The Morgan fingerprint density at radius 2 is 1.85 bits per heavy atom. The summed E-state index contributed by atoms with van der Waals surface area (Å²) >= 11 is 2.73. The van der Waals surface area contributed by atoms with E-state index in [4.69, 9.17) is 4.99 Å². The lowest BCUT2D eigenvalue weighted by Gasteiger charge is -2.19. The van der Waals surface area contributed by atoms with Gasteiger partial charge in [-0.25, -0.2) is 4.99 Å². The van der Waals surface area contributed by atoms with Crippen molar-refractivity contribution in [3.05, 3.63) is 115 Å². The second kappa shape index (κ2) is 11.7. The minimum atomic E-state index is -0.428. The van der Waals surface area contributed by atoms with E-state index in [1.165, 1.54) is 35.7 Å². The Hall–Kier alpha value is -4.53. The van der Waals surface area contributed by atoms with Crippen molar-refractivity contribution in [2.45, 2.75) is 13.5 Å². The van der Waals surface area contributed by atoms with Gasteiger partial charge < -0.3 is 10.2 Å². The Bertz CT molecular complexity index is 1610. The molecule has 0 atom stereocenters. The molecule has 0 bridgehead atoms. The number of aliphatic imine (C=N–C) groups is 1. The van der Waals surface area contributed by atoms with Gasteiger partial charge in [-0.05, 0) is 60.1 Å². The molecule has 0 saturated carbocycles. The van der Waals surface area contributed by atoms with Crippen LogP contribution in [0.4, 0.5) is 17.1 Å². The third-order valence-electron chi connectivity index (χ3n) is 6.27. The molecule has 1 N–H and O–H groups in total. The van der Waals surface area contributed by atoms with Crippen LogP contribution in [0.15, 0.2) is 93.1 Å². The highest BCUT2D eigenvalue weighted by molar-refractivity contribution is 8.19. The van der Waals surface area contributed by atoms with Crippen LogP contribution in [0.2, 0.25) is 0 Å². The summed E-state index contributed by atoms with van der Waals surface area (Å²) in [7, 11) is 1.87. The average molecular weight is 569 g/mol. The number of benzene rings is 3. The predicted octanol–water partition coefficient (Wildman–Crippen LogP) is 6.51. The molecular formula is C29H24N6O3S2. The molecule has 2 aliphatic rings. The van der Waals surface area contributed by atoms with Gasteiger partial charge in [0, 0.05) is 31.1 Å². The van der Waals surface area contributed by atoms with Gasteiger partial charge in [-0.2, -0.15) is 5.26 Å². The van der Waals surface area contributed by atoms with Crippen LogP contribution in [-0.4, -0.2) is 39.4 Å². The average Bonchev–Trinajstić information content (AvgIpc) is 3.49. The normalized spacial score (nSPS) is 17.8. The lowest BCUT2D eigenvalue weighted by atomic mass is 10.1.